The second kappa shape index (κ2) is 9.27. The zero-order valence-electron chi connectivity index (χ0n) is 20.0. The first-order valence-electron chi connectivity index (χ1n) is 11.9. The normalized spacial score (nSPS) is 13.9. The van der Waals surface area contributed by atoms with Crippen LogP contribution in [0.1, 0.15) is 40.4 Å². The smallest absolute Gasteiger partial charge is 0.254 e. The number of fused-ring (bicyclic) bond motifs is 2. The van der Waals surface area contributed by atoms with Gasteiger partial charge >= 0.3 is 0 Å². The highest BCUT2D eigenvalue weighted by atomic mass is 32.2. The first kappa shape index (κ1) is 23.2. The molecule has 0 saturated heterocycles. The maximum atomic E-state index is 13.6. The molecule has 0 unspecified atom stereocenters. The molecule has 0 N–H and O–H groups in total. The van der Waals surface area contributed by atoms with Crippen molar-refractivity contribution in [1.82, 2.24) is 9.88 Å². The van der Waals surface area contributed by atoms with Gasteiger partial charge in [-0.2, -0.15) is 0 Å². The number of pyridine rings is 1. The second-order valence-electron chi connectivity index (χ2n) is 9.18. The standard InChI is InChI=1S/C29H28N2O3S/c1-3-20-17-26(35(2,33)34)12-13-27(20)29(32)31-14-6-8-21-10-11-22(15-25(21)19-31)24-16-23-7-4-5-9-28(23)30-18-24/h4-5,7,9-13,15-18H,3,6,8,14,19H2,1-2H3. The number of sulfone groups is 1. The summed E-state index contributed by atoms with van der Waals surface area (Å²) in [5.41, 5.74) is 6.86. The van der Waals surface area contributed by atoms with Gasteiger partial charge in [-0.25, -0.2) is 8.42 Å². The van der Waals surface area contributed by atoms with Crippen LogP contribution in [0.15, 0.2) is 77.8 Å². The highest BCUT2D eigenvalue weighted by molar-refractivity contribution is 7.90. The van der Waals surface area contributed by atoms with Crippen LogP contribution < -0.4 is 0 Å². The van der Waals surface area contributed by atoms with Crippen molar-refractivity contribution < 1.29 is 13.2 Å². The van der Waals surface area contributed by atoms with Crippen molar-refractivity contribution in [1.29, 1.82) is 0 Å². The Morgan fingerprint density at radius 1 is 0.971 bits per heavy atom. The lowest BCUT2D eigenvalue weighted by molar-refractivity contribution is 0.0744. The third kappa shape index (κ3) is 4.71. The highest BCUT2D eigenvalue weighted by Gasteiger charge is 2.23. The Morgan fingerprint density at radius 2 is 1.80 bits per heavy atom. The molecule has 6 heteroatoms. The van der Waals surface area contributed by atoms with E-state index in [2.05, 4.69) is 35.3 Å². The second-order valence-corrected chi connectivity index (χ2v) is 11.2. The number of aromatic nitrogens is 1. The summed E-state index contributed by atoms with van der Waals surface area (Å²) in [7, 11) is -3.32. The van der Waals surface area contributed by atoms with E-state index < -0.39 is 9.84 Å². The van der Waals surface area contributed by atoms with Crippen molar-refractivity contribution in [3.05, 3.63) is 95.2 Å². The van der Waals surface area contributed by atoms with E-state index in [0.717, 1.165) is 46.0 Å². The lowest BCUT2D eigenvalue weighted by Crippen LogP contribution is -2.31. The van der Waals surface area contributed by atoms with Crippen LogP contribution in [0.4, 0.5) is 0 Å². The van der Waals surface area contributed by atoms with Gasteiger partial charge in [0.05, 0.1) is 10.4 Å². The molecule has 4 aromatic rings. The predicted molar refractivity (Wildman–Crippen MR) is 139 cm³/mol. The van der Waals surface area contributed by atoms with Gasteiger partial charge < -0.3 is 4.90 Å². The molecular formula is C29H28N2O3S. The number of carbonyl (C=O) groups is 1. The average molecular weight is 485 g/mol. The number of para-hydroxylation sites is 1. The molecule has 0 radical (unpaired) electrons. The maximum Gasteiger partial charge on any atom is 0.254 e. The predicted octanol–water partition coefficient (Wildman–Crippen LogP) is 5.46. The third-order valence-electron chi connectivity index (χ3n) is 6.77. The lowest BCUT2D eigenvalue weighted by atomic mass is 9.97. The molecular weight excluding hydrogens is 456 g/mol. The van der Waals surface area contributed by atoms with E-state index in [0.29, 0.717) is 25.1 Å². The Morgan fingerprint density at radius 3 is 2.60 bits per heavy atom. The highest BCUT2D eigenvalue weighted by Crippen LogP contribution is 2.29. The maximum absolute atomic E-state index is 13.6. The van der Waals surface area contributed by atoms with Crippen molar-refractivity contribution in [2.45, 2.75) is 37.6 Å². The number of rotatable bonds is 4. The van der Waals surface area contributed by atoms with Crippen LogP contribution in [0.5, 0.6) is 0 Å². The molecule has 1 amide bonds. The quantitative estimate of drug-likeness (QED) is 0.386. The Balaban J connectivity index is 1.46. The van der Waals surface area contributed by atoms with Gasteiger partial charge in [-0.05, 0) is 77.9 Å². The first-order chi connectivity index (χ1) is 16.8. The molecule has 0 atom stereocenters. The van der Waals surface area contributed by atoms with E-state index >= 15 is 0 Å². The minimum absolute atomic E-state index is 0.0486. The van der Waals surface area contributed by atoms with Crippen LogP contribution in [-0.2, 0) is 29.2 Å². The van der Waals surface area contributed by atoms with Crippen LogP contribution >= 0.6 is 0 Å². The average Bonchev–Trinajstić information content (AvgIpc) is 3.09. The van der Waals surface area contributed by atoms with Crippen molar-refractivity contribution in [3.63, 3.8) is 0 Å². The van der Waals surface area contributed by atoms with Crippen molar-refractivity contribution in [2.75, 3.05) is 12.8 Å². The molecule has 5 rings (SSSR count). The topological polar surface area (TPSA) is 67.3 Å². The summed E-state index contributed by atoms with van der Waals surface area (Å²) in [6, 6.07) is 21.6. The zero-order chi connectivity index (χ0) is 24.6. The van der Waals surface area contributed by atoms with E-state index in [1.54, 1.807) is 18.2 Å². The fraction of sp³-hybridized carbons (Fsp3) is 0.241. The minimum Gasteiger partial charge on any atom is -0.334 e. The van der Waals surface area contributed by atoms with Crippen molar-refractivity contribution in [3.8, 4) is 11.1 Å². The zero-order valence-corrected chi connectivity index (χ0v) is 20.8. The van der Waals surface area contributed by atoms with Gasteiger partial charge in [0.25, 0.3) is 5.91 Å². The number of aryl methyl sites for hydroxylation is 2. The number of amides is 1. The van der Waals surface area contributed by atoms with E-state index in [1.807, 2.05) is 36.2 Å². The summed E-state index contributed by atoms with van der Waals surface area (Å²) >= 11 is 0. The number of nitrogens with zero attached hydrogens (tertiary/aromatic N) is 2. The molecule has 35 heavy (non-hydrogen) atoms. The van der Waals surface area contributed by atoms with Gasteiger partial charge in [-0.3, -0.25) is 9.78 Å². The summed E-state index contributed by atoms with van der Waals surface area (Å²) < 4.78 is 24.0. The largest absolute Gasteiger partial charge is 0.334 e. The third-order valence-corrected chi connectivity index (χ3v) is 7.88. The summed E-state index contributed by atoms with van der Waals surface area (Å²) in [6.07, 6.45) is 5.49. The van der Waals surface area contributed by atoms with Crippen LogP contribution in [0.2, 0.25) is 0 Å². The SMILES string of the molecule is CCc1cc(S(C)(=O)=O)ccc1C(=O)N1CCCc2ccc(-c3cnc4ccccc4c3)cc2C1. The summed E-state index contributed by atoms with van der Waals surface area (Å²) in [4.78, 5) is 20.3. The van der Waals surface area contributed by atoms with Gasteiger partial charge in [-0.15, -0.1) is 0 Å². The fourth-order valence-electron chi connectivity index (χ4n) is 4.82. The number of benzene rings is 3. The molecule has 178 valence electrons. The molecule has 0 bridgehead atoms. The summed E-state index contributed by atoms with van der Waals surface area (Å²) in [6.45, 7) is 3.14. The van der Waals surface area contributed by atoms with Crippen molar-refractivity contribution >= 4 is 26.6 Å². The van der Waals surface area contributed by atoms with E-state index in [-0.39, 0.29) is 10.8 Å². The Bertz CT molecular complexity index is 1540. The summed E-state index contributed by atoms with van der Waals surface area (Å²) in [5, 5.41) is 1.10. The van der Waals surface area contributed by atoms with E-state index in [4.69, 9.17) is 0 Å². The molecule has 0 aliphatic carbocycles. The molecule has 0 fully saturated rings. The van der Waals surface area contributed by atoms with Crippen molar-refractivity contribution in [2.24, 2.45) is 0 Å². The minimum atomic E-state index is -3.32. The molecule has 1 aliphatic heterocycles. The van der Waals surface area contributed by atoms with Gasteiger partial charge in [0.1, 0.15) is 0 Å². The van der Waals surface area contributed by atoms with Gasteiger partial charge in [0.15, 0.2) is 9.84 Å². The number of hydrogen-bond donors (Lipinski definition) is 0. The molecule has 1 aliphatic rings. The monoisotopic (exact) mass is 484 g/mol. The van der Waals surface area contributed by atoms with Crippen LogP contribution in [0, 0.1) is 0 Å². The van der Waals surface area contributed by atoms with Crippen LogP contribution in [0.25, 0.3) is 22.0 Å². The molecule has 0 saturated carbocycles. The molecule has 1 aromatic heterocycles. The molecule has 3 aromatic carbocycles. The summed E-state index contributed by atoms with van der Waals surface area (Å²) in [5.74, 6) is -0.0486. The van der Waals surface area contributed by atoms with E-state index in [9.17, 15) is 13.2 Å². The Labute approximate surface area is 206 Å². The number of hydrogen-bond acceptors (Lipinski definition) is 4. The van der Waals surface area contributed by atoms with Gasteiger partial charge in [0.2, 0.25) is 0 Å². The van der Waals surface area contributed by atoms with E-state index in [1.165, 1.54) is 11.8 Å². The number of carbonyl (C=O) groups excluding carboxylic acids is 1. The molecule has 5 nitrogen and oxygen atoms in total. The molecule has 2 heterocycles. The first-order valence-corrected chi connectivity index (χ1v) is 13.8. The Hall–Kier alpha value is -3.51. The fourth-order valence-corrected chi connectivity index (χ4v) is 5.49. The van der Waals surface area contributed by atoms with Gasteiger partial charge in [0, 0.05) is 42.1 Å². The Kier molecular flexibility index (Phi) is 6.15. The lowest BCUT2D eigenvalue weighted by Gasteiger charge is -2.23. The van der Waals surface area contributed by atoms with Crippen LogP contribution in [-0.4, -0.2) is 37.0 Å². The van der Waals surface area contributed by atoms with Crippen LogP contribution in [0.3, 0.4) is 0 Å². The van der Waals surface area contributed by atoms with Gasteiger partial charge in [-0.1, -0.05) is 37.3 Å². The molecule has 0 spiro atoms.